The molecule has 0 bridgehead atoms. The highest BCUT2D eigenvalue weighted by atomic mass is 32.2. The van der Waals surface area contributed by atoms with Gasteiger partial charge in [-0.2, -0.15) is 0 Å². The largest absolute Gasteiger partial charge is 0.497 e. The minimum Gasteiger partial charge on any atom is -0.497 e. The topological polar surface area (TPSA) is 105 Å². The first kappa shape index (κ1) is 24.1. The normalized spacial score (nSPS) is 24.3. The highest BCUT2D eigenvalue weighted by Crippen LogP contribution is 2.55. The van der Waals surface area contributed by atoms with E-state index in [1.54, 1.807) is 49.0 Å². The van der Waals surface area contributed by atoms with Gasteiger partial charge in [-0.3, -0.25) is 10.0 Å². The van der Waals surface area contributed by atoms with E-state index in [2.05, 4.69) is 4.90 Å². The second kappa shape index (κ2) is 9.11. The Morgan fingerprint density at radius 2 is 1.51 bits per heavy atom. The van der Waals surface area contributed by atoms with Gasteiger partial charge in [-0.1, -0.05) is 0 Å². The first-order valence-corrected chi connectivity index (χ1v) is 13.6. The van der Waals surface area contributed by atoms with Crippen LogP contribution in [0.5, 0.6) is 17.2 Å². The van der Waals surface area contributed by atoms with Gasteiger partial charge in [0.25, 0.3) is 5.91 Å². The highest BCUT2D eigenvalue weighted by molar-refractivity contribution is 7.93. The number of sulfone groups is 1. The van der Waals surface area contributed by atoms with E-state index in [1.807, 2.05) is 0 Å². The summed E-state index contributed by atoms with van der Waals surface area (Å²) in [6.07, 6.45) is 5.36. The first-order chi connectivity index (χ1) is 16.8. The van der Waals surface area contributed by atoms with Crippen LogP contribution < -0.4 is 15.0 Å². The number of benzene rings is 2. The molecular weight excluding hydrogens is 468 g/mol. The number of likely N-dealkylation sites (tertiary alicyclic amines) is 1. The molecule has 1 aliphatic heterocycles. The van der Waals surface area contributed by atoms with Crippen LogP contribution in [0, 0.1) is 5.41 Å². The smallest absolute Gasteiger partial charge is 0.265 e. The summed E-state index contributed by atoms with van der Waals surface area (Å²) in [5, 5.41) is 9.52. The minimum absolute atomic E-state index is 0.0515. The van der Waals surface area contributed by atoms with Crippen LogP contribution in [0.25, 0.3) is 0 Å². The van der Waals surface area contributed by atoms with Crippen molar-refractivity contribution in [2.45, 2.75) is 60.6 Å². The maximum absolute atomic E-state index is 13.9. The summed E-state index contributed by atoms with van der Waals surface area (Å²) in [4.78, 5) is 15.5. The minimum atomic E-state index is -4.06. The van der Waals surface area contributed by atoms with Crippen LogP contribution in [-0.4, -0.2) is 55.4 Å². The molecule has 1 saturated heterocycles. The van der Waals surface area contributed by atoms with Crippen LogP contribution in [-0.2, 0) is 14.6 Å². The number of ether oxygens (including phenoxy) is 2. The number of hydrogen-bond acceptors (Lipinski definition) is 7. The number of carbonyl (C=O) groups excluding carboxylic acids is 1. The van der Waals surface area contributed by atoms with E-state index in [4.69, 9.17) is 9.47 Å². The average Bonchev–Trinajstić information content (AvgIpc) is 3.66. The predicted molar refractivity (Wildman–Crippen MR) is 129 cm³/mol. The Morgan fingerprint density at radius 1 is 0.943 bits per heavy atom. The molecule has 2 saturated carbocycles. The van der Waals surface area contributed by atoms with E-state index in [0.717, 1.165) is 25.9 Å². The van der Waals surface area contributed by atoms with Crippen LogP contribution in [0.3, 0.4) is 0 Å². The van der Waals surface area contributed by atoms with Gasteiger partial charge in [-0.25, -0.2) is 13.9 Å². The number of carbonyl (C=O) groups is 1. The maximum atomic E-state index is 13.9. The number of piperidine rings is 1. The molecule has 1 heterocycles. The number of hydroxylamine groups is 1. The van der Waals surface area contributed by atoms with Crippen LogP contribution in [0.15, 0.2) is 53.4 Å². The molecule has 0 aromatic heterocycles. The zero-order chi connectivity index (χ0) is 24.7. The maximum Gasteiger partial charge on any atom is 0.265 e. The molecular formula is C26H32N2O6S. The lowest BCUT2D eigenvalue weighted by Gasteiger charge is -2.40. The molecule has 9 heteroatoms. The number of amides is 1. The second-order valence-electron chi connectivity index (χ2n) is 10.1. The van der Waals surface area contributed by atoms with Crippen molar-refractivity contribution in [2.75, 3.05) is 20.2 Å². The van der Waals surface area contributed by atoms with E-state index in [1.165, 1.54) is 25.0 Å². The highest BCUT2D eigenvalue weighted by Gasteiger charge is 2.60. The summed E-state index contributed by atoms with van der Waals surface area (Å²) < 4.78 is 37.0. The van der Waals surface area contributed by atoms with E-state index in [9.17, 15) is 18.4 Å². The summed E-state index contributed by atoms with van der Waals surface area (Å²) >= 11 is 0. The Hall–Kier alpha value is -2.62. The molecule has 1 amide bonds. The number of hydrogen-bond donors (Lipinski definition) is 2. The molecule has 2 aliphatic carbocycles. The average molecular weight is 501 g/mol. The zero-order valence-electron chi connectivity index (χ0n) is 19.9. The van der Waals surface area contributed by atoms with Gasteiger partial charge in [0, 0.05) is 6.04 Å². The summed E-state index contributed by atoms with van der Waals surface area (Å²) in [6.45, 7) is 1.89. The van der Waals surface area contributed by atoms with Crippen molar-refractivity contribution in [3.8, 4) is 17.2 Å². The fraction of sp³-hybridized carbons (Fsp3) is 0.500. The van der Waals surface area contributed by atoms with Crippen molar-refractivity contribution < 1.29 is 27.9 Å². The van der Waals surface area contributed by atoms with Gasteiger partial charge in [0.2, 0.25) is 0 Å². The zero-order valence-corrected chi connectivity index (χ0v) is 20.7. The van der Waals surface area contributed by atoms with Crippen LogP contribution in [0.2, 0.25) is 0 Å². The Labute approximate surface area is 206 Å². The molecule has 2 aromatic rings. The van der Waals surface area contributed by atoms with Gasteiger partial charge in [0.05, 0.1) is 12.0 Å². The summed E-state index contributed by atoms with van der Waals surface area (Å²) in [6, 6.07) is 13.9. The molecule has 2 N–H and O–H groups in total. The Kier molecular flexibility index (Phi) is 6.27. The van der Waals surface area contributed by atoms with Crippen molar-refractivity contribution in [3.63, 3.8) is 0 Å². The predicted octanol–water partition coefficient (Wildman–Crippen LogP) is 3.93. The van der Waals surface area contributed by atoms with Crippen LogP contribution in [0.4, 0.5) is 0 Å². The molecule has 35 heavy (non-hydrogen) atoms. The Balaban J connectivity index is 1.36. The Morgan fingerprint density at radius 3 is 2.06 bits per heavy atom. The fourth-order valence-electron chi connectivity index (χ4n) is 5.82. The van der Waals surface area contributed by atoms with Gasteiger partial charge in [-0.15, -0.1) is 0 Å². The van der Waals surface area contributed by atoms with Gasteiger partial charge >= 0.3 is 0 Å². The quantitative estimate of drug-likeness (QED) is 0.438. The van der Waals surface area contributed by atoms with Gasteiger partial charge in [-0.05, 0) is 112 Å². The summed E-state index contributed by atoms with van der Waals surface area (Å²) in [5.74, 6) is 0.939. The lowest BCUT2D eigenvalue weighted by molar-refractivity contribution is -0.132. The third kappa shape index (κ3) is 4.41. The molecule has 3 fully saturated rings. The number of methoxy groups -OCH3 is 1. The molecule has 1 spiro atoms. The molecule has 5 rings (SSSR count). The van der Waals surface area contributed by atoms with Crippen molar-refractivity contribution >= 4 is 15.7 Å². The molecule has 2 aromatic carbocycles. The SMILES string of the molecule is COc1ccc(Oc2ccc(S(=O)(=O)C3(C(=O)NO)CCC4(CCN(C5CC5)CC4)C3)cc2)cc1. The number of nitrogens with one attached hydrogen (secondary N) is 1. The third-order valence-corrected chi connectivity index (χ3v) is 10.6. The van der Waals surface area contributed by atoms with Crippen molar-refractivity contribution in [3.05, 3.63) is 48.5 Å². The monoisotopic (exact) mass is 500 g/mol. The standard InChI is InChI=1S/C26H32N2O6S/c1-33-20-4-6-21(7-5-20)34-22-8-10-23(11-9-22)35(31,32)26(24(29)27-30)13-12-25(18-26)14-16-28(17-15-25)19-2-3-19/h4-11,19,30H,2-3,12-18H2,1H3,(H,27,29). The lowest BCUT2D eigenvalue weighted by atomic mass is 9.76. The van der Waals surface area contributed by atoms with Crippen molar-refractivity contribution in [1.82, 2.24) is 10.4 Å². The summed E-state index contributed by atoms with van der Waals surface area (Å²) in [5.41, 5.74) is 1.48. The molecule has 1 atom stereocenters. The first-order valence-electron chi connectivity index (χ1n) is 12.2. The molecule has 3 aliphatic rings. The summed E-state index contributed by atoms with van der Waals surface area (Å²) in [7, 11) is -2.48. The van der Waals surface area contributed by atoms with Crippen LogP contribution >= 0.6 is 0 Å². The molecule has 188 valence electrons. The molecule has 1 unspecified atom stereocenters. The van der Waals surface area contributed by atoms with E-state index >= 15 is 0 Å². The number of nitrogens with zero attached hydrogens (tertiary/aromatic N) is 1. The molecule has 8 nitrogen and oxygen atoms in total. The fourth-order valence-corrected chi connectivity index (χ4v) is 7.92. The Bertz CT molecular complexity index is 1170. The second-order valence-corrected chi connectivity index (χ2v) is 12.4. The van der Waals surface area contributed by atoms with Crippen molar-refractivity contribution in [1.29, 1.82) is 0 Å². The van der Waals surface area contributed by atoms with E-state index in [0.29, 0.717) is 29.7 Å². The molecule has 0 radical (unpaired) electrons. The van der Waals surface area contributed by atoms with Crippen molar-refractivity contribution in [2.24, 2.45) is 5.41 Å². The number of rotatable bonds is 7. The van der Waals surface area contributed by atoms with Gasteiger partial charge < -0.3 is 14.4 Å². The van der Waals surface area contributed by atoms with Gasteiger partial charge in [0.15, 0.2) is 14.6 Å². The van der Waals surface area contributed by atoms with E-state index < -0.39 is 20.5 Å². The lowest BCUT2D eigenvalue weighted by Crippen LogP contribution is -2.51. The van der Waals surface area contributed by atoms with Crippen LogP contribution in [0.1, 0.15) is 44.9 Å². The third-order valence-electron chi connectivity index (χ3n) is 8.10. The van der Waals surface area contributed by atoms with E-state index in [-0.39, 0.29) is 23.2 Å². The van der Waals surface area contributed by atoms with Gasteiger partial charge in [0.1, 0.15) is 17.2 Å².